The van der Waals surface area contributed by atoms with E-state index >= 15 is 0 Å². The fraction of sp³-hybridized carbons (Fsp3) is 0.706. The van der Waals surface area contributed by atoms with Gasteiger partial charge in [-0.05, 0) is 58.1 Å². The standard InChI is InChI=1S/C17H27N3/c1-13-6-5-9-18-15(13)10-20-12-17(4,14-7-8-14)19-11-16(20,2)3/h5-6,9,14,19H,7-8,10-12H2,1-4H3. The van der Waals surface area contributed by atoms with Crippen LogP contribution in [0.25, 0.3) is 0 Å². The van der Waals surface area contributed by atoms with Crippen LogP contribution in [0.15, 0.2) is 18.3 Å². The molecule has 110 valence electrons. The maximum atomic E-state index is 4.58. The van der Waals surface area contributed by atoms with E-state index in [4.69, 9.17) is 0 Å². The Kier molecular flexibility index (Phi) is 3.38. The first-order chi connectivity index (χ1) is 9.41. The minimum Gasteiger partial charge on any atom is -0.308 e. The topological polar surface area (TPSA) is 28.2 Å². The predicted molar refractivity (Wildman–Crippen MR) is 82.6 cm³/mol. The van der Waals surface area contributed by atoms with E-state index in [2.05, 4.69) is 49.0 Å². The molecule has 1 N–H and O–H groups in total. The van der Waals surface area contributed by atoms with Crippen LogP contribution >= 0.6 is 0 Å². The number of pyridine rings is 1. The number of aryl methyl sites for hydroxylation is 1. The van der Waals surface area contributed by atoms with Crippen molar-refractivity contribution in [1.82, 2.24) is 15.2 Å². The molecule has 2 heterocycles. The average Bonchev–Trinajstić information content (AvgIpc) is 3.22. The molecule has 1 aromatic heterocycles. The molecule has 2 fully saturated rings. The van der Waals surface area contributed by atoms with Crippen molar-refractivity contribution in [2.45, 2.75) is 58.2 Å². The second-order valence-corrected chi connectivity index (χ2v) is 7.48. The summed E-state index contributed by atoms with van der Waals surface area (Å²) < 4.78 is 0. The highest BCUT2D eigenvalue weighted by molar-refractivity contribution is 5.18. The molecule has 20 heavy (non-hydrogen) atoms. The van der Waals surface area contributed by atoms with Gasteiger partial charge in [-0.3, -0.25) is 9.88 Å². The fourth-order valence-corrected chi connectivity index (χ4v) is 3.32. The number of hydrogen-bond donors (Lipinski definition) is 1. The molecule has 1 aliphatic carbocycles. The van der Waals surface area contributed by atoms with Gasteiger partial charge in [-0.1, -0.05) is 6.07 Å². The highest BCUT2D eigenvalue weighted by Crippen LogP contribution is 2.42. The molecule has 1 atom stereocenters. The van der Waals surface area contributed by atoms with Crippen molar-refractivity contribution in [1.29, 1.82) is 0 Å². The normalized spacial score (nSPS) is 30.4. The van der Waals surface area contributed by atoms with Crippen LogP contribution < -0.4 is 5.32 Å². The Bertz CT molecular complexity index is 493. The quantitative estimate of drug-likeness (QED) is 0.918. The summed E-state index contributed by atoms with van der Waals surface area (Å²) in [4.78, 5) is 7.21. The Hall–Kier alpha value is -0.930. The predicted octanol–water partition coefficient (Wildman–Crippen LogP) is 2.74. The molecule has 0 bridgehead atoms. The van der Waals surface area contributed by atoms with E-state index < -0.39 is 0 Å². The van der Waals surface area contributed by atoms with Crippen molar-refractivity contribution < 1.29 is 0 Å². The summed E-state index contributed by atoms with van der Waals surface area (Å²) in [6, 6.07) is 4.19. The Morgan fingerprint density at radius 1 is 1.35 bits per heavy atom. The zero-order valence-electron chi connectivity index (χ0n) is 13.2. The van der Waals surface area contributed by atoms with E-state index in [0.29, 0.717) is 0 Å². The van der Waals surface area contributed by atoms with Crippen LogP contribution in [0, 0.1) is 12.8 Å². The Balaban J connectivity index is 1.80. The molecular formula is C17H27N3. The minimum absolute atomic E-state index is 0.193. The lowest BCUT2D eigenvalue weighted by Crippen LogP contribution is -2.67. The first-order valence-corrected chi connectivity index (χ1v) is 7.81. The summed E-state index contributed by atoms with van der Waals surface area (Å²) in [6.45, 7) is 12.4. The van der Waals surface area contributed by atoms with E-state index in [9.17, 15) is 0 Å². The average molecular weight is 273 g/mol. The van der Waals surface area contributed by atoms with Gasteiger partial charge in [0.15, 0.2) is 0 Å². The van der Waals surface area contributed by atoms with Crippen LogP contribution in [-0.2, 0) is 6.54 Å². The van der Waals surface area contributed by atoms with Crippen molar-refractivity contribution in [3.63, 3.8) is 0 Å². The molecule has 2 aliphatic rings. The molecule has 3 heteroatoms. The van der Waals surface area contributed by atoms with Gasteiger partial charge >= 0.3 is 0 Å². The molecule has 0 spiro atoms. The molecule has 3 nitrogen and oxygen atoms in total. The van der Waals surface area contributed by atoms with Gasteiger partial charge in [0.1, 0.15) is 0 Å². The molecule has 1 aliphatic heterocycles. The molecule has 0 radical (unpaired) electrons. The van der Waals surface area contributed by atoms with E-state index in [1.807, 2.05) is 12.3 Å². The second kappa shape index (κ2) is 4.81. The van der Waals surface area contributed by atoms with Crippen LogP contribution in [-0.4, -0.2) is 34.1 Å². The van der Waals surface area contributed by atoms with E-state index in [-0.39, 0.29) is 11.1 Å². The van der Waals surface area contributed by atoms with Gasteiger partial charge in [-0.2, -0.15) is 0 Å². The maximum absolute atomic E-state index is 4.58. The maximum Gasteiger partial charge on any atom is 0.0573 e. The van der Waals surface area contributed by atoms with Crippen LogP contribution in [0.5, 0.6) is 0 Å². The van der Waals surface area contributed by atoms with Gasteiger partial charge in [-0.15, -0.1) is 0 Å². The van der Waals surface area contributed by atoms with Gasteiger partial charge in [0.25, 0.3) is 0 Å². The molecule has 1 saturated heterocycles. The first-order valence-electron chi connectivity index (χ1n) is 7.81. The van der Waals surface area contributed by atoms with Crippen molar-refractivity contribution in [2.75, 3.05) is 13.1 Å². The number of nitrogens with zero attached hydrogens (tertiary/aromatic N) is 2. The lowest BCUT2D eigenvalue weighted by atomic mass is 9.86. The zero-order valence-corrected chi connectivity index (χ0v) is 13.2. The summed E-state index contributed by atoms with van der Waals surface area (Å²) in [5.41, 5.74) is 3.01. The molecule has 1 unspecified atom stereocenters. The molecule has 3 rings (SSSR count). The first kappa shape index (κ1) is 14.0. The smallest absolute Gasteiger partial charge is 0.0573 e. The summed E-state index contributed by atoms with van der Waals surface area (Å²) >= 11 is 0. The van der Waals surface area contributed by atoms with Crippen molar-refractivity contribution >= 4 is 0 Å². The molecule has 1 saturated carbocycles. The Morgan fingerprint density at radius 3 is 2.75 bits per heavy atom. The van der Waals surface area contributed by atoms with Crippen LogP contribution in [0.2, 0.25) is 0 Å². The third kappa shape index (κ3) is 2.61. The van der Waals surface area contributed by atoms with Crippen LogP contribution in [0.3, 0.4) is 0 Å². The number of rotatable bonds is 3. The summed E-state index contributed by atoms with van der Waals surface area (Å²) in [5.74, 6) is 0.867. The molecule has 1 aromatic rings. The van der Waals surface area contributed by atoms with Crippen molar-refractivity contribution in [2.24, 2.45) is 5.92 Å². The third-order valence-electron chi connectivity index (χ3n) is 5.24. The Morgan fingerprint density at radius 2 is 2.10 bits per heavy atom. The van der Waals surface area contributed by atoms with E-state index in [0.717, 1.165) is 25.6 Å². The highest BCUT2D eigenvalue weighted by atomic mass is 15.3. The lowest BCUT2D eigenvalue weighted by Gasteiger charge is -2.51. The summed E-state index contributed by atoms with van der Waals surface area (Å²) in [6.07, 6.45) is 4.69. The largest absolute Gasteiger partial charge is 0.308 e. The second-order valence-electron chi connectivity index (χ2n) is 7.48. The van der Waals surface area contributed by atoms with Crippen LogP contribution in [0.1, 0.15) is 44.9 Å². The third-order valence-corrected chi connectivity index (χ3v) is 5.24. The van der Waals surface area contributed by atoms with Gasteiger partial charge in [0, 0.05) is 36.9 Å². The number of aromatic nitrogens is 1. The van der Waals surface area contributed by atoms with Gasteiger partial charge in [0.2, 0.25) is 0 Å². The lowest BCUT2D eigenvalue weighted by molar-refractivity contribution is 0.0168. The zero-order chi connectivity index (χ0) is 14.4. The number of piperazine rings is 1. The van der Waals surface area contributed by atoms with Gasteiger partial charge in [-0.25, -0.2) is 0 Å². The Labute approximate surface area is 122 Å². The summed E-state index contributed by atoms with van der Waals surface area (Å²) in [7, 11) is 0. The number of nitrogens with one attached hydrogen (secondary N) is 1. The molecular weight excluding hydrogens is 246 g/mol. The van der Waals surface area contributed by atoms with E-state index in [1.54, 1.807) is 0 Å². The van der Waals surface area contributed by atoms with Gasteiger partial charge in [0.05, 0.1) is 5.69 Å². The van der Waals surface area contributed by atoms with E-state index in [1.165, 1.54) is 24.1 Å². The van der Waals surface area contributed by atoms with Crippen molar-refractivity contribution in [3.8, 4) is 0 Å². The SMILES string of the molecule is Cc1cccnc1CN1CC(C)(C2CC2)NCC1(C)C. The van der Waals surface area contributed by atoms with Crippen LogP contribution in [0.4, 0.5) is 0 Å². The monoisotopic (exact) mass is 273 g/mol. The molecule has 0 aromatic carbocycles. The summed E-state index contributed by atoms with van der Waals surface area (Å²) in [5, 5.41) is 3.82. The van der Waals surface area contributed by atoms with Gasteiger partial charge < -0.3 is 5.32 Å². The van der Waals surface area contributed by atoms with Crippen molar-refractivity contribution in [3.05, 3.63) is 29.6 Å². The molecule has 0 amide bonds. The highest BCUT2D eigenvalue weighted by Gasteiger charge is 2.48. The fourth-order valence-electron chi connectivity index (χ4n) is 3.32. The number of hydrogen-bond acceptors (Lipinski definition) is 3. The minimum atomic E-state index is 0.193.